The van der Waals surface area contributed by atoms with Crippen LogP contribution >= 0.6 is 0 Å². The molecule has 3 heteroatoms. The van der Waals surface area contributed by atoms with Gasteiger partial charge < -0.3 is 5.11 Å². The molecular formula is C10H16FNO. The van der Waals surface area contributed by atoms with Crippen LogP contribution in [-0.2, 0) is 0 Å². The lowest BCUT2D eigenvalue weighted by molar-refractivity contribution is 0.0707. The molecule has 1 N–H and O–H groups in total. The zero-order valence-electron chi connectivity index (χ0n) is 7.80. The maximum Gasteiger partial charge on any atom is 0.115 e. The maximum atomic E-state index is 13.3. The fraction of sp³-hybridized carbons (Fsp3) is 1.00. The summed E-state index contributed by atoms with van der Waals surface area (Å²) in [4.78, 5) is 2.28. The summed E-state index contributed by atoms with van der Waals surface area (Å²) < 4.78 is 13.3. The van der Waals surface area contributed by atoms with E-state index in [9.17, 15) is 9.50 Å². The third-order valence-electron chi connectivity index (χ3n) is 4.30. The summed E-state index contributed by atoms with van der Waals surface area (Å²) in [7, 11) is 0. The second-order valence-electron chi connectivity index (χ2n) is 5.02. The summed E-state index contributed by atoms with van der Waals surface area (Å²) in [5.74, 6) is 0. The summed E-state index contributed by atoms with van der Waals surface area (Å²) in [6.45, 7) is 0.718. The molecule has 0 aromatic heterocycles. The fourth-order valence-electron chi connectivity index (χ4n) is 3.41. The molecule has 3 aliphatic rings. The number of aliphatic hydroxyl groups excluding tert-OH is 1. The predicted octanol–water partition coefficient (Wildman–Crippen LogP) is 1.09. The molecule has 0 amide bonds. The third kappa shape index (κ3) is 0.895. The molecule has 2 heterocycles. The van der Waals surface area contributed by atoms with Crippen LogP contribution in [0.2, 0.25) is 0 Å². The Labute approximate surface area is 77.7 Å². The molecule has 1 spiro atoms. The molecule has 0 radical (unpaired) electrons. The van der Waals surface area contributed by atoms with Gasteiger partial charge in [-0.05, 0) is 25.7 Å². The van der Waals surface area contributed by atoms with Crippen molar-refractivity contribution in [1.82, 2.24) is 4.90 Å². The zero-order valence-corrected chi connectivity index (χ0v) is 7.80. The maximum absolute atomic E-state index is 13.3. The van der Waals surface area contributed by atoms with Crippen LogP contribution < -0.4 is 0 Å². The van der Waals surface area contributed by atoms with E-state index in [1.807, 2.05) is 0 Å². The van der Waals surface area contributed by atoms with Gasteiger partial charge in [-0.1, -0.05) is 0 Å². The number of hydrogen-bond donors (Lipinski definition) is 1. The van der Waals surface area contributed by atoms with Gasteiger partial charge in [0.05, 0.1) is 6.61 Å². The summed E-state index contributed by atoms with van der Waals surface area (Å²) in [5, 5.41) is 9.40. The number of nitrogens with zero attached hydrogens (tertiary/aromatic N) is 1. The Morgan fingerprint density at radius 3 is 2.62 bits per heavy atom. The first-order chi connectivity index (χ1) is 6.21. The summed E-state index contributed by atoms with van der Waals surface area (Å²) in [6.07, 6.45) is 4.49. The zero-order chi connectivity index (χ0) is 9.10. The summed E-state index contributed by atoms with van der Waals surface area (Å²) >= 11 is 0. The standard InChI is InChI=1S/C10H16FNO/c11-8-5-10(7-13)4-3-9(1-2-9)12(10)6-8/h8,13H,1-7H2/t8-,10+/m1/s1. The predicted molar refractivity (Wildman–Crippen MR) is 47.2 cm³/mol. The summed E-state index contributed by atoms with van der Waals surface area (Å²) in [6, 6.07) is 0. The van der Waals surface area contributed by atoms with Crippen molar-refractivity contribution < 1.29 is 9.50 Å². The van der Waals surface area contributed by atoms with Crippen molar-refractivity contribution in [2.24, 2.45) is 0 Å². The van der Waals surface area contributed by atoms with E-state index in [0.717, 1.165) is 6.42 Å². The minimum Gasteiger partial charge on any atom is -0.394 e. The van der Waals surface area contributed by atoms with Crippen LogP contribution in [0.4, 0.5) is 4.39 Å². The van der Waals surface area contributed by atoms with Crippen molar-refractivity contribution in [3.8, 4) is 0 Å². The molecule has 2 aliphatic heterocycles. The van der Waals surface area contributed by atoms with Gasteiger partial charge in [-0.15, -0.1) is 0 Å². The van der Waals surface area contributed by atoms with Gasteiger partial charge >= 0.3 is 0 Å². The average molecular weight is 185 g/mol. The molecule has 3 rings (SSSR count). The molecule has 0 unspecified atom stereocenters. The van der Waals surface area contributed by atoms with Crippen LogP contribution in [0.15, 0.2) is 0 Å². The highest BCUT2D eigenvalue weighted by Gasteiger charge is 2.63. The minimum absolute atomic E-state index is 0.148. The lowest BCUT2D eigenvalue weighted by Gasteiger charge is -2.33. The van der Waals surface area contributed by atoms with E-state index >= 15 is 0 Å². The number of aliphatic hydroxyl groups is 1. The van der Waals surface area contributed by atoms with Crippen LogP contribution in [-0.4, -0.2) is 40.4 Å². The normalized spacial score (nSPS) is 47.1. The largest absolute Gasteiger partial charge is 0.394 e. The molecule has 2 saturated heterocycles. The average Bonchev–Trinajstić information content (AvgIpc) is 2.75. The topological polar surface area (TPSA) is 23.5 Å². The third-order valence-corrected chi connectivity index (χ3v) is 4.30. The van der Waals surface area contributed by atoms with Crippen LogP contribution in [0.3, 0.4) is 0 Å². The van der Waals surface area contributed by atoms with E-state index in [1.165, 1.54) is 19.3 Å². The van der Waals surface area contributed by atoms with Gasteiger partial charge in [0.1, 0.15) is 6.17 Å². The van der Waals surface area contributed by atoms with Crippen molar-refractivity contribution >= 4 is 0 Å². The molecule has 0 aromatic rings. The number of rotatable bonds is 1. The second kappa shape index (κ2) is 2.26. The van der Waals surface area contributed by atoms with E-state index in [2.05, 4.69) is 4.90 Å². The Morgan fingerprint density at radius 2 is 2.00 bits per heavy atom. The van der Waals surface area contributed by atoms with Crippen LogP contribution in [0.5, 0.6) is 0 Å². The Morgan fingerprint density at radius 1 is 1.31 bits per heavy atom. The van der Waals surface area contributed by atoms with Gasteiger partial charge in [0.25, 0.3) is 0 Å². The lowest BCUT2D eigenvalue weighted by atomic mass is 9.95. The molecule has 3 fully saturated rings. The number of hydrogen-bond acceptors (Lipinski definition) is 2. The Balaban J connectivity index is 1.93. The van der Waals surface area contributed by atoms with E-state index in [-0.39, 0.29) is 12.1 Å². The van der Waals surface area contributed by atoms with Crippen LogP contribution in [0, 0.1) is 0 Å². The van der Waals surface area contributed by atoms with Gasteiger partial charge in [-0.3, -0.25) is 4.90 Å². The highest BCUT2D eigenvalue weighted by atomic mass is 19.1. The fourth-order valence-corrected chi connectivity index (χ4v) is 3.41. The van der Waals surface area contributed by atoms with Crippen molar-refractivity contribution in [3.63, 3.8) is 0 Å². The van der Waals surface area contributed by atoms with E-state index in [1.54, 1.807) is 0 Å². The monoisotopic (exact) mass is 185 g/mol. The molecule has 0 aromatic carbocycles. The lowest BCUT2D eigenvalue weighted by Crippen LogP contribution is -2.46. The molecule has 13 heavy (non-hydrogen) atoms. The molecular weight excluding hydrogens is 169 g/mol. The van der Waals surface area contributed by atoms with Crippen LogP contribution in [0.1, 0.15) is 32.1 Å². The van der Waals surface area contributed by atoms with Gasteiger partial charge in [-0.25, -0.2) is 4.39 Å². The second-order valence-corrected chi connectivity index (χ2v) is 5.02. The highest BCUT2D eigenvalue weighted by molar-refractivity contribution is 5.19. The molecule has 1 aliphatic carbocycles. The quantitative estimate of drug-likeness (QED) is 0.661. The van der Waals surface area contributed by atoms with Gasteiger partial charge in [-0.2, -0.15) is 0 Å². The number of alkyl halides is 1. The Hall–Kier alpha value is -0.150. The van der Waals surface area contributed by atoms with Crippen molar-refractivity contribution in [2.75, 3.05) is 13.2 Å². The van der Waals surface area contributed by atoms with Crippen molar-refractivity contribution in [2.45, 2.75) is 49.4 Å². The molecule has 74 valence electrons. The van der Waals surface area contributed by atoms with E-state index in [4.69, 9.17) is 0 Å². The minimum atomic E-state index is -0.704. The number of halogens is 1. The molecule has 0 bridgehead atoms. The molecule has 2 atom stereocenters. The van der Waals surface area contributed by atoms with Gasteiger partial charge in [0, 0.05) is 24.0 Å². The van der Waals surface area contributed by atoms with Crippen LogP contribution in [0.25, 0.3) is 0 Å². The Kier molecular flexibility index (Phi) is 1.42. The van der Waals surface area contributed by atoms with Crippen molar-refractivity contribution in [1.29, 1.82) is 0 Å². The van der Waals surface area contributed by atoms with Gasteiger partial charge in [0.2, 0.25) is 0 Å². The summed E-state index contributed by atoms with van der Waals surface area (Å²) in [5.41, 5.74) is 0.152. The SMILES string of the molecule is OC[C@@]12CCC3(CC3)N1C[C@H](F)C2. The first kappa shape index (κ1) is 8.18. The van der Waals surface area contributed by atoms with Crippen molar-refractivity contribution in [3.05, 3.63) is 0 Å². The molecule has 1 saturated carbocycles. The Bertz CT molecular complexity index is 241. The van der Waals surface area contributed by atoms with Gasteiger partial charge in [0.15, 0.2) is 0 Å². The highest BCUT2D eigenvalue weighted by Crippen LogP contribution is 2.58. The van der Waals surface area contributed by atoms with E-state index < -0.39 is 6.17 Å². The first-order valence-electron chi connectivity index (χ1n) is 5.24. The molecule has 2 nitrogen and oxygen atoms in total. The first-order valence-corrected chi connectivity index (χ1v) is 5.24. The number of fused-ring (bicyclic) bond motifs is 2. The smallest absolute Gasteiger partial charge is 0.115 e. The van der Waals surface area contributed by atoms with E-state index in [0.29, 0.717) is 18.5 Å².